The molecule has 0 heterocycles. The maximum Gasteiger partial charge on any atom is 0.491 e. The zero-order valence-electron chi connectivity index (χ0n) is 9.89. The fraction of sp³-hybridized carbons (Fsp3) is 0.455. The van der Waals surface area contributed by atoms with Crippen LogP contribution in [0, 0.1) is 5.82 Å². The number of benzene rings is 1. The molecule has 1 aromatic carbocycles. The predicted molar refractivity (Wildman–Crippen MR) is 62.8 cm³/mol. The Hall–Kier alpha value is -1.11. The summed E-state index contributed by atoms with van der Waals surface area (Å²) in [6.45, 7) is 2.42. The molecule has 0 amide bonds. The molecule has 0 saturated heterocycles. The third-order valence-corrected chi connectivity index (χ3v) is 2.32. The van der Waals surface area contributed by atoms with Gasteiger partial charge in [-0.2, -0.15) is 0 Å². The van der Waals surface area contributed by atoms with Crippen molar-refractivity contribution in [1.82, 2.24) is 0 Å². The van der Waals surface area contributed by atoms with E-state index < -0.39 is 12.9 Å². The monoisotopic (exact) mass is 242 g/mol. The highest BCUT2D eigenvalue weighted by Crippen LogP contribution is 2.14. The highest BCUT2D eigenvalue weighted by molar-refractivity contribution is 6.58. The van der Waals surface area contributed by atoms with Crippen LogP contribution >= 0.6 is 0 Å². The van der Waals surface area contributed by atoms with Gasteiger partial charge in [-0.15, -0.1) is 0 Å². The Balaban J connectivity index is 2.64. The largest absolute Gasteiger partial charge is 0.491 e. The van der Waals surface area contributed by atoms with E-state index in [1.807, 2.05) is 6.92 Å². The summed E-state index contributed by atoms with van der Waals surface area (Å²) in [6, 6.07) is 3.93. The molecule has 0 saturated carbocycles. The Labute approximate surface area is 100 Å². The standard InChI is InChI=1S/C11H16BFO4/c1-8(5-6-16-2)17-9-3-4-10(12(14)15)11(13)7-9/h3-4,7-8,14-15H,5-6H2,1-2H3. The maximum atomic E-state index is 13.4. The SMILES string of the molecule is COCCC(C)Oc1ccc(B(O)O)c(F)c1. The molecule has 1 aromatic rings. The van der Waals surface area contributed by atoms with Gasteiger partial charge in [0.15, 0.2) is 0 Å². The molecule has 0 radical (unpaired) electrons. The van der Waals surface area contributed by atoms with E-state index in [9.17, 15) is 4.39 Å². The molecule has 17 heavy (non-hydrogen) atoms. The fourth-order valence-electron chi connectivity index (χ4n) is 1.37. The summed E-state index contributed by atoms with van der Waals surface area (Å²) in [4.78, 5) is 0. The van der Waals surface area contributed by atoms with Gasteiger partial charge in [0.25, 0.3) is 0 Å². The predicted octanol–water partition coefficient (Wildman–Crippen LogP) is 0.309. The highest BCUT2D eigenvalue weighted by atomic mass is 19.1. The number of ether oxygens (including phenoxy) is 2. The van der Waals surface area contributed by atoms with Crippen LogP contribution in [-0.2, 0) is 4.74 Å². The first-order valence-electron chi connectivity index (χ1n) is 5.35. The van der Waals surface area contributed by atoms with E-state index in [1.165, 1.54) is 12.1 Å². The minimum absolute atomic E-state index is 0.0979. The van der Waals surface area contributed by atoms with Crippen LogP contribution in [0.5, 0.6) is 5.75 Å². The molecule has 0 bridgehead atoms. The molecule has 0 aliphatic rings. The van der Waals surface area contributed by atoms with Gasteiger partial charge in [-0.1, -0.05) is 6.07 Å². The molecule has 0 spiro atoms. The van der Waals surface area contributed by atoms with E-state index in [1.54, 1.807) is 7.11 Å². The van der Waals surface area contributed by atoms with Crippen LogP contribution in [0.1, 0.15) is 13.3 Å². The molecule has 94 valence electrons. The molecule has 2 N–H and O–H groups in total. The molecule has 1 atom stereocenters. The first kappa shape index (κ1) is 14.0. The molecular formula is C11H16BFO4. The summed E-state index contributed by atoms with van der Waals surface area (Å²) in [5, 5.41) is 17.7. The Morgan fingerprint density at radius 3 is 2.65 bits per heavy atom. The van der Waals surface area contributed by atoms with Crippen LogP contribution in [0.3, 0.4) is 0 Å². The van der Waals surface area contributed by atoms with Crippen LogP contribution in [0.2, 0.25) is 0 Å². The zero-order chi connectivity index (χ0) is 12.8. The second kappa shape index (κ2) is 6.59. The van der Waals surface area contributed by atoms with E-state index in [0.29, 0.717) is 18.8 Å². The van der Waals surface area contributed by atoms with Crippen molar-refractivity contribution in [3.8, 4) is 5.75 Å². The van der Waals surface area contributed by atoms with Crippen LogP contribution < -0.4 is 10.2 Å². The van der Waals surface area contributed by atoms with Gasteiger partial charge in [-0.3, -0.25) is 0 Å². The molecule has 6 heteroatoms. The van der Waals surface area contributed by atoms with Crippen LogP contribution in [0.4, 0.5) is 4.39 Å². The topological polar surface area (TPSA) is 58.9 Å². The van der Waals surface area contributed by atoms with Crippen molar-refractivity contribution >= 4 is 12.6 Å². The van der Waals surface area contributed by atoms with Crippen LogP contribution in [0.15, 0.2) is 18.2 Å². The second-order valence-corrected chi connectivity index (χ2v) is 3.77. The van der Waals surface area contributed by atoms with Crippen molar-refractivity contribution in [3.63, 3.8) is 0 Å². The van der Waals surface area contributed by atoms with Gasteiger partial charge in [0.1, 0.15) is 11.6 Å². The third kappa shape index (κ3) is 4.34. The molecule has 4 nitrogen and oxygen atoms in total. The molecule has 0 aliphatic carbocycles. The summed E-state index contributed by atoms with van der Waals surface area (Å²) in [5.41, 5.74) is -0.165. The van der Waals surface area contributed by atoms with Crippen molar-refractivity contribution < 1.29 is 23.9 Å². The normalized spacial score (nSPS) is 12.3. The average molecular weight is 242 g/mol. The Kier molecular flexibility index (Phi) is 5.41. The van der Waals surface area contributed by atoms with Gasteiger partial charge in [0.2, 0.25) is 0 Å². The number of rotatable bonds is 6. The lowest BCUT2D eigenvalue weighted by molar-refractivity contribution is 0.135. The first-order valence-corrected chi connectivity index (χ1v) is 5.35. The molecule has 0 aromatic heterocycles. The fourth-order valence-corrected chi connectivity index (χ4v) is 1.37. The van der Waals surface area contributed by atoms with Gasteiger partial charge < -0.3 is 19.5 Å². The van der Waals surface area contributed by atoms with Crippen molar-refractivity contribution in [3.05, 3.63) is 24.0 Å². The molecule has 1 unspecified atom stereocenters. The highest BCUT2D eigenvalue weighted by Gasteiger charge is 2.17. The lowest BCUT2D eigenvalue weighted by Crippen LogP contribution is -2.32. The quantitative estimate of drug-likeness (QED) is 0.705. The number of methoxy groups -OCH3 is 1. The summed E-state index contributed by atoms with van der Waals surface area (Å²) < 4.78 is 23.7. The van der Waals surface area contributed by atoms with Gasteiger partial charge in [0, 0.05) is 31.7 Å². The lowest BCUT2D eigenvalue weighted by atomic mass is 9.80. The Morgan fingerprint density at radius 1 is 1.41 bits per heavy atom. The smallest absolute Gasteiger partial charge is 0.491 e. The summed E-state index contributed by atoms with van der Waals surface area (Å²) in [5.74, 6) is -0.341. The summed E-state index contributed by atoms with van der Waals surface area (Å²) in [6.07, 6.45) is 0.599. The minimum atomic E-state index is -1.81. The maximum absolute atomic E-state index is 13.4. The molecule has 0 aliphatic heterocycles. The number of hydrogen-bond donors (Lipinski definition) is 2. The van der Waals surface area contributed by atoms with E-state index in [4.69, 9.17) is 19.5 Å². The van der Waals surface area contributed by atoms with E-state index >= 15 is 0 Å². The van der Waals surface area contributed by atoms with E-state index in [0.717, 1.165) is 6.07 Å². The van der Waals surface area contributed by atoms with Crippen molar-refractivity contribution in [1.29, 1.82) is 0 Å². The van der Waals surface area contributed by atoms with Gasteiger partial charge in [0.05, 0.1) is 6.10 Å². The zero-order valence-corrected chi connectivity index (χ0v) is 9.89. The van der Waals surface area contributed by atoms with E-state index in [2.05, 4.69) is 0 Å². The third-order valence-electron chi connectivity index (χ3n) is 2.32. The van der Waals surface area contributed by atoms with Crippen molar-refractivity contribution in [2.75, 3.05) is 13.7 Å². The van der Waals surface area contributed by atoms with Crippen LogP contribution in [-0.4, -0.2) is 37.0 Å². The average Bonchev–Trinajstić information content (AvgIpc) is 2.26. The molecule has 1 rings (SSSR count). The number of halogens is 1. The van der Waals surface area contributed by atoms with Gasteiger partial charge in [-0.25, -0.2) is 4.39 Å². The minimum Gasteiger partial charge on any atom is -0.491 e. The van der Waals surface area contributed by atoms with Gasteiger partial charge in [-0.05, 0) is 13.0 Å². The van der Waals surface area contributed by atoms with E-state index in [-0.39, 0.29) is 11.6 Å². The Morgan fingerprint density at radius 2 is 2.12 bits per heavy atom. The molecular weight excluding hydrogens is 226 g/mol. The second-order valence-electron chi connectivity index (χ2n) is 3.77. The summed E-state index contributed by atoms with van der Waals surface area (Å²) in [7, 11) is -0.209. The number of hydrogen-bond acceptors (Lipinski definition) is 4. The lowest BCUT2D eigenvalue weighted by Gasteiger charge is -2.14. The Bertz CT molecular complexity index is 359. The first-order chi connectivity index (χ1) is 8.04. The van der Waals surface area contributed by atoms with Crippen molar-refractivity contribution in [2.45, 2.75) is 19.4 Å². The van der Waals surface area contributed by atoms with Crippen molar-refractivity contribution in [2.24, 2.45) is 0 Å². The van der Waals surface area contributed by atoms with Gasteiger partial charge >= 0.3 is 7.12 Å². The molecule has 0 fully saturated rings. The summed E-state index contributed by atoms with van der Waals surface area (Å²) >= 11 is 0. The van der Waals surface area contributed by atoms with Crippen LogP contribution in [0.25, 0.3) is 0 Å².